The smallest absolute Gasteiger partial charge is 0.238 e. The van der Waals surface area contributed by atoms with Crippen LogP contribution in [0.4, 0.5) is 0 Å². The van der Waals surface area contributed by atoms with E-state index in [1.807, 2.05) is 0 Å². The monoisotopic (exact) mass is 307 g/mol. The molecular formula is C10H17N3O4S2. The molecule has 0 radical (unpaired) electrons. The minimum Gasteiger partial charge on any atom is -0.309 e. The van der Waals surface area contributed by atoms with Crippen LogP contribution in [0, 0.1) is 0 Å². The lowest BCUT2D eigenvalue weighted by atomic mass is 10.1. The van der Waals surface area contributed by atoms with Crippen LogP contribution in [0.2, 0.25) is 0 Å². The number of hydrogen-bond donors (Lipinski definition) is 3. The summed E-state index contributed by atoms with van der Waals surface area (Å²) < 4.78 is 44.0. The van der Waals surface area contributed by atoms with Gasteiger partial charge in [-0.2, -0.15) is 0 Å². The largest absolute Gasteiger partial charge is 0.309 e. The Morgan fingerprint density at radius 1 is 1.21 bits per heavy atom. The minimum absolute atomic E-state index is 0.0186. The van der Waals surface area contributed by atoms with Crippen LogP contribution in [0.25, 0.3) is 0 Å². The van der Waals surface area contributed by atoms with Crippen LogP contribution < -0.4 is 15.6 Å². The van der Waals surface area contributed by atoms with Crippen molar-refractivity contribution in [1.29, 1.82) is 0 Å². The third kappa shape index (κ3) is 5.66. The SMILES string of the molecule is CC(NCCS(N)(=O)=O)c1cccc(S(N)(=O)=O)c1. The molecule has 0 heterocycles. The van der Waals surface area contributed by atoms with E-state index in [4.69, 9.17) is 10.3 Å². The highest BCUT2D eigenvalue weighted by Crippen LogP contribution is 2.16. The molecule has 19 heavy (non-hydrogen) atoms. The van der Waals surface area contributed by atoms with Crippen molar-refractivity contribution in [1.82, 2.24) is 5.32 Å². The molecular weight excluding hydrogens is 290 g/mol. The Kier molecular flexibility index (Phi) is 5.04. The summed E-state index contributed by atoms with van der Waals surface area (Å²) in [4.78, 5) is 0.0186. The van der Waals surface area contributed by atoms with Gasteiger partial charge in [0.1, 0.15) is 0 Å². The fourth-order valence-electron chi connectivity index (χ4n) is 1.50. The minimum atomic E-state index is -3.75. The molecule has 1 aromatic rings. The number of benzene rings is 1. The Bertz CT molecular complexity index is 640. The Labute approximate surface area is 113 Å². The van der Waals surface area contributed by atoms with E-state index in [1.54, 1.807) is 19.1 Å². The molecule has 0 aromatic heterocycles. The zero-order valence-corrected chi connectivity index (χ0v) is 12.0. The van der Waals surface area contributed by atoms with Gasteiger partial charge in [-0.05, 0) is 24.6 Å². The van der Waals surface area contributed by atoms with Crippen LogP contribution in [0.1, 0.15) is 18.5 Å². The van der Waals surface area contributed by atoms with Crippen molar-refractivity contribution < 1.29 is 16.8 Å². The first kappa shape index (κ1) is 16.1. The first-order valence-electron chi connectivity index (χ1n) is 5.46. The molecule has 1 unspecified atom stereocenters. The zero-order chi connectivity index (χ0) is 14.7. The fourth-order valence-corrected chi connectivity index (χ4v) is 2.47. The average Bonchev–Trinajstić information content (AvgIpc) is 2.26. The van der Waals surface area contributed by atoms with Gasteiger partial charge in [-0.25, -0.2) is 27.1 Å². The second kappa shape index (κ2) is 5.97. The van der Waals surface area contributed by atoms with Crippen molar-refractivity contribution in [2.45, 2.75) is 17.9 Å². The molecule has 0 saturated carbocycles. The van der Waals surface area contributed by atoms with E-state index in [-0.39, 0.29) is 23.2 Å². The number of nitrogens with one attached hydrogen (secondary N) is 1. The predicted molar refractivity (Wildman–Crippen MR) is 72.2 cm³/mol. The van der Waals surface area contributed by atoms with Crippen LogP contribution in [0.15, 0.2) is 29.2 Å². The van der Waals surface area contributed by atoms with E-state index in [0.717, 1.165) is 0 Å². The van der Waals surface area contributed by atoms with Crippen LogP contribution in [0.5, 0.6) is 0 Å². The second-order valence-electron chi connectivity index (χ2n) is 4.16. The van der Waals surface area contributed by atoms with Gasteiger partial charge in [0, 0.05) is 12.6 Å². The lowest BCUT2D eigenvalue weighted by molar-refractivity contribution is 0.572. The van der Waals surface area contributed by atoms with E-state index in [2.05, 4.69) is 5.32 Å². The predicted octanol–water partition coefficient (Wildman–Crippen LogP) is -0.727. The highest BCUT2D eigenvalue weighted by Gasteiger charge is 2.12. The molecule has 0 spiro atoms. The summed E-state index contributed by atoms with van der Waals surface area (Å²) in [5.74, 6) is -0.188. The molecule has 0 aliphatic carbocycles. The van der Waals surface area contributed by atoms with Gasteiger partial charge in [-0.1, -0.05) is 12.1 Å². The van der Waals surface area contributed by atoms with E-state index >= 15 is 0 Å². The molecule has 1 rings (SSSR count). The summed E-state index contributed by atoms with van der Waals surface area (Å²) in [6.07, 6.45) is 0. The molecule has 1 aromatic carbocycles. The highest BCUT2D eigenvalue weighted by atomic mass is 32.2. The molecule has 1 atom stereocenters. The molecule has 0 bridgehead atoms. The van der Waals surface area contributed by atoms with Gasteiger partial charge in [0.25, 0.3) is 0 Å². The number of sulfonamides is 2. The van der Waals surface area contributed by atoms with Gasteiger partial charge in [-0.15, -0.1) is 0 Å². The normalized spacial score (nSPS) is 14.3. The van der Waals surface area contributed by atoms with Gasteiger partial charge in [-0.3, -0.25) is 0 Å². The number of hydrogen-bond acceptors (Lipinski definition) is 5. The highest BCUT2D eigenvalue weighted by molar-refractivity contribution is 7.89. The van der Waals surface area contributed by atoms with Crippen molar-refractivity contribution in [2.24, 2.45) is 10.3 Å². The molecule has 0 aliphatic rings. The van der Waals surface area contributed by atoms with E-state index < -0.39 is 20.0 Å². The Hall–Kier alpha value is -1.00. The molecule has 9 heteroatoms. The van der Waals surface area contributed by atoms with Crippen LogP contribution >= 0.6 is 0 Å². The van der Waals surface area contributed by atoms with E-state index in [0.29, 0.717) is 5.56 Å². The summed E-state index contributed by atoms with van der Waals surface area (Å²) in [5, 5.41) is 12.9. The van der Waals surface area contributed by atoms with Crippen molar-refractivity contribution in [2.75, 3.05) is 12.3 Å². The molecule has 0 fully saturated rings. The molecule has 0 amide bonds. The summed E-state index contributed by atoms with van der Waals surface area (Å²) in [5.41, 5.74) is 0.695. The summed E-state index contributed by atoms with van der Waals surface area (Å²) in [6.45, 7) is 1.96. The zero-order valence-electron chi connectivity index (χ0n) is 10.4. The summed E-state index contributed by atoms with van der Waals surface area (Å²) in [6, 6.07) is 5.93. The Balaban J connectivity index is 2.75. The van der Waals surface area contributed by atoms with Crippen molar-refractivity contribution >= 4 is 20.0 Å². The third-order valence-electron chi connectivity index (χ3n) is 2.52. The van der Waals surface area contributed by atoms with Gasteiger partial charge in [0.05, 0.1) is 10.6 Å². The lowest BCUT2D eigenvalue weighted by Gasteiger charge is -2.14. The molecule has 0 aliphatic heterocycles. The standard InChI is InChI=1S/C10H17N3O4S2/c1-8(13-5-6-18(11,14)15)9-3-2-4-10(7-9)19(12,16)17/h2-4,7-8,13H,5-6H2,1H3,(H2,11,14,15)(H2,12,16,17). The second-order valence-corrected chi connectivity index (χ2v) is 7.46. The first-order chi connectivity index (χ1) is 8.59. The van der Waals surface area contributed by atoms with Crippen LogP contribution in [0.3, 0.4) is 0 Å². The number of primary sulfonamides is 2. The Morgan fingerprint density at radius 3 is 2.37 bits per heavy atom. The number of nitrogens with two attached hydrogens (primary N) is 2. The van der Waals surface area contributed by atoms with Crippen LogP contribution in [-0.4, -0.2) is 29.1 Å². The molecule has 5 N–H and O–H groups in total. The molecule has 0 saturated heterocycles. The summed E-state index contributed by atoms with van der Waals surface area (Å²) in [7, 11) is -7.26. The maximum absolute atomic E-state index is 11.2. The molecule has 7 nitrogen and oxygen atoms in total. The fraction of sp³-hybridized carbons (Fsp3) is 0.400. The van der Waals surface area contributed by atoms with Crippen molar-refractivity contribution in [3.63, 3.8) is 0 Å². The van der Waals surface area contributed by atoms with Crippen molar-refractivity contribution in [3.05, 3.63) is 29.8 Å². The van der Waals surface area contributed by atoms with E-state index in [9.17, 15) is 16.8 Å². The maximum atomic E-state index is 11.2. The van der Waals surface area contributed by atoms with E-state index in [1.165, 1.54) is 12.1 Å². The van der Waals surface area contributed by atoms with Gasteiger partial charge in [0.15, 0.2) is 0 Å². The molecule has 108 valence electrons. The van der Waals surface area contributed by atoms with Gasteiger partial charge < -0.3 is 5.32 Å². The Morgan fingerprint density at radius 2 is 1.84 bits per heavy atom. The maximum Gasteiger partial charge on any atom is 0.238 e. The third-order valence-corrected chi connectivity index (χ3v) is 4.21. The topological polar surface area (TPSA) is 132 Å². The first-order valence-corrected chi connectivity index (χ1v) is 8.72. The van der Waals surface area contributed by atoms with Gasteiger partial charge in [0.2, 0.25) is 20.0 Å². The summed E-state index contributed by atoms with van der Waals surface area (Å²) >= 11 is 0. The van der Waals surface area contributed by atoms with Gasteiger partial charge >= 0.3 is 0 Å². The average molecular weight is 307 g/mol. The lowest BCUT2D eigenvalue weighted by Crippen LogP contribution is -2.29. The number of rotatable bonds is 6. The quantitative estimate of drug-likeness (QED) is 0.637. The van der Waals surface area contributed by atoms with Crippen LogP contribution in [-0.2, 0) is 20.0 Å². The van der Waals surface area contributed by atoms with Crippen molar-refractivity contribution in [3.8, 4) is 0 Å².